The normalized spacial score (nSPS) is 19.4. The molecule has 5 atom stereocenters. The second-order valence-corrected chi connectivity index (χ2v) is 13.5. The summed E-state index contributed by atoms with van der Waals surface area (Å²) in [5, 5.41) is 11.2. The highest BCUT2D eigenvalue weighted by Crippen LogP contribution is 2.30. The number of hydrogen-bond acceptors (Lipinski definition) is 7. The Hall–Kier alpha value is -3.73. The highest BCUT2D eigenvalue weighted by molar-refractivity contribution is 5.94. The molecule has 0 bridgehead atoms. The van der Waals surface area contributed by atoms with Crippen molar-refractivity contribution < 1.29 is 33.4 Å². The van der Waals surface area contributed by atoms with Crippen LogP contribution in [0.4, 0.5) is 4.79 Å². The van der Waals surface area contributed by atoms with Crippen molar-refractivity contribution in [2.75, 3.05) is 6.54 Å². The molecule has 4 amide bonds. The fourth-order valence-electron chi connectivity index (χ4n) is 5.24. The molecule has 11 nitrogen and oxygen atoms in total. The van der Waals surface area contributed by atoms with E-state index in [1.165, 1.54) is 6.08 Å². The highest BCUT2D eigenvalue weighted by Gasteiger charge is 2.35. The summed E-state index contributed by atoms with van der Waals surface area (Å²) in [5.74, 6) is -1.34. The molecule has 0 radical (unpaired) electrons. The van der Waals surface area contributed by atoms with Gasteiger partial charge in [0.05, 0.1) is 11.7 Å². The summed E-state index contributed by atoms with van der Waals surface area (Å²) in [6, 6.07) is 6.48. The van der Waals surface area contributed by atoms with E-state index in [-0.39, 0.29) is 36.1 Å². The molecule has 248 valence electrons. The number of benzene rings is 1. The van der Waals surface area contributed by atoms with Gasteiger partial charge in [-0.05, 0) is 77.4 Å². The molecule has 45 heavy (non-hydrogen) atoms. The molecule has 1 aromatic rings. The van der Waals surface area contributed by atoms with Crippen LogP contribution in [0.2, 0.25) is 0 Å². The molecule has 0 aromatic heterocycles. The van der Waals surface area contributed by atoms with Crippen molar-refractivity contribution in [1.82, 2.24) is 21.3 Å². The molecule has 1 saturated carbocycles. The van der Waals surface area contributed by atoms with E-state index >= 15 is 0 Å². The first kappa shape index (κ1) is 35.7. The summed E-state index contributed by atoms with van der Waals surface area (Å²) < 4.78 is 11.4. The molecule has 11 heteroatoms. The largest absolute Gasteiger partial charge is 0.445 e. The van der Waals surface area contributed by atoms with Crippen molar-refractivity contribution in [2.24, 2.45) is 17.8 Å². The highest BCUT2D eigenvalue weighted by atomic mass is 16.6. The van der Waals surface area contributed by atoms with Crippen molar-refractivity contribution in [2.45, 2.75) is 110 Å². The molecular weight excluding hydrogens is 576 g/mol. The van der Waals surface area contributed by atoms with Gasteiger partial charge >= 0.3 is 6.09 Å². The number of allylic oxidation sites excluding steroid dienone is 1. The third-order valence-electron chi connectivity index (χ3n) is 7.62. The van der Waals surface area contributed by atoms with Crippen LogP contribution in [-0.2, 0) is 35.3 Å². The quantitative estimate of drug-likeness (QED) is 0.205. The van der Waals surface area contributed by atoms with E-state index in [4.69, 9.17) is 9.47 Å². The van der Waals surface area contributed by atoms with E-state index in [0.29, 0.717) is 25.8 Å². The lowest BCUT2D eigenvalue weighted by molar-refractivity contribution is -0.135. The van der Waals surface area contributed by atoms with Crippen LogP contribution in [0.15, 0.2) is 42.5 Å². The summed E-state index contributed by atoms with van der Waals surface area (Å²) in [5.41, 5.74) is 0.172. The Balaban J connectivity index is 1.74. The average Bonchev–Trinajstić information content (AvgIpc) is 3.74. The van der Waals surface area contributed by atoms with Gasteiger partial charge in [0, 0.05) is 24.4 Å². The zero-order chi connectivity index (χ0) is 33.1. The van der Waals surface area contributed by atoms with Gasteiger partial charge in [0.1, 0.15) is 18.7 Å². The molecular formula is C34H50N4O7. The van der Waals surface area contributed by atoms with E-state index in [1.54, 1.807) is 13.0 Å². The molecule has 0 spiro atoms. The van der Waals surface area contributed by atoms with E-state index in [9.17, 15) is 24.0 Å². The number of nitrogens with one attached hydrogen (secondary N) is 4. The minimum atomic E-state index is -1.16. The molecule has 1 aromatic carbocycles. The maximum absolute atomic E-state index is 13.7. The third-order valence-corrected chi connectivity index (χ3v) is 7.62. The van der Waals surface area contributed by atoms with Gasteiger partial charge in [-0.2, -0.15) is 0 Å². The lowest BCUT2D eigenvalue weighted by atomic mass is 9.96. The number of hydrogen-bond donors (Lipinski definition) is 4. The topological polar surface area (TPSA) is 152 Å². The Morgan fingerprint density at radius 3 is 2.24 bits per heavy atom. The summed E-state index contributed by atoms with van der Waals surface area (Å²) in [6.07, 6.45) is 4.61. The number of rotatable bonds is 16. The second-order valence-electron chi connectivity index (χ2n) is 13.5. The van der Waals surface area contributed by atoms with Crippen molar-refractivity contribution in [3.05, 3.63) is 48.0 Å². The Morgan fingerprint density at radius 2 is 1.67 bits per heavy atom. The first-order valence-corrected chi connectivity index (χ1v) is 16.0. The summed E-state index contributed by atoms with van der Waals surface area (Å²) >= 11 is 0. The molecule has 3 rings (SSSR count). The fourth-order valence-corrected chi connectivity index (χ4v) is 5.24. The van der Waals surface area contributed by atoms with Gasteiger partial charge in [-0.3, -0.25) is 19.2 Å². The number of ether oxygens (including phenoxy) is 2. The van der Waals surface area contributed by atoms with Crippen LogP contribution in [0.3, 0.4) is 0 Å². The molecule has 2 aliphatic rings. The van der Waals surface area contributed by atoms with Gasteiger partial charge in [-0.15, -0.1) is 0 Å². The predicted octanol–water partition coefficient (Wildman–Crippen LogP) is 3.56. The molecule has 2 fully saturated rings. The number of ketones is 1. The van der Waals surface area contributed by atoms with Crippen LogP contribution in [-0.4, -0.2) is 66.0 Å². The molecule has 1 heterocycles. The van der Waals surface area contributed by atoms with E-state index < -0.39 is 47.7 Å². The van der Waals surface area contributed by atoms with Crippen molar-refractivity contribution in [3.8, 4) is 0 Å². The maximum atomic E-state index is 13.7. The zero-order valence-corrected chi connectivity index (χ0v) is 27.4. The van der Waals surface area contributed by atoms with Crippen LogP contribution >= 0.6 is 0 Å². The summed E-state index contributed by atoms with van der Waals surface area (Å²) in [7, 11) is 0. The van der Waals surface area contributed by atoms with Crippen LogP contribution in [0.25, 0.3) is 0 Å². The van der Waals surface area contributed by atoms with Crippen LogP contribution < -0.4 is 21.3 Å². The lowest BCUT2D eigenvalue weighted by Gasteiger charge is -2.32. The second kappa shape index (κ2) is 16.5. The summed E-state index contributed by atoms with van der Waals surface area (Å²) in [4.78, 5) is 64.9. The minimum Gasteiger partial charge on any atom is -0.445 e. The first-order chi connectivity index (χ1) is 21.2. The Kier molecular flexibility index (Phi) is 13.1. The predicted molar refractivity (Wildman–Crippen MR) is 170 cm³/mol. The molecule has 2 unspecified atom stereocenters. The monoisotopic (exact) mass is 626 g/mol. The van der Waals surface area contributed by atoms with Crippen molar-refractivity contribution in [1.29, 1.82) is 0 Å². The number of amides is 4. The Morgan fingerprint density at radius 1 is 0.978 bits per heavy atom. The van der Waals surface area contributed by atoms with Crippen LogP contribution in [0, 0.1) is 17.8 Å². The number of carbonyl (C=O) groups excluding carboxylic acids is 5. The smallest absolute Gasteiger partial charge is 0.408 e. The SMILES string of the molecule is CC(C)C[C@H](NC(=O)[C@@H](NC(=O)OCc1ccccc1)C(C)OC(C)(C)C)C(=O)N[C@H](/C=C/C(=O)C1CC1)CC1CCNC1=O. The fraction of sp³-hybridized carbons (Fsp3) is 0.618. The van der Waals surface area contributed by atoms with Gasteiger partial charge in [0.25, 0.3) is 0 Å². The van der Waals surface area contributed by atoms with Gasteiger partial charge in [0.2, 0.25) is 17.7 Å². The van der Waals surface area contributed by atoms with Crippen molar-refractivity contribution >= 4 is 29.6 Å². The molecule has 1 aliphatic heterocycles. The van der Waals surface area contributed by atoms with E-state index in [2.05, 4.69) is 21.3 Å². The van der Waals surface area contributed by atoms with Crippen molar-refractivity contribution in [3.63, 3.8) is 0 Å². The zero-order valence-electron chi connectivity index (χ0n) is 27.4. The third kappa shape index (κ3) is 12.7. The van der Waals surface area contributed by atoms with E-state index in [0.717, 1.165) is 18.4 Å². The summed E-state index contributed by atoms with van der Waals surface area (Å²) in [6.45, 7) is 11.7. The van der Waals surface area contributed by atoms with Crippen LogP contribution in [0.1, 0.15) is 79.2 Å². The van der Waals surface area contributed by atoms with Crippen LogP contribution in [0.5, 0.6) is 0 Å². The molecule has 1 saturated heterocycles. The van der Waals surface area contributed by atoms with Gasteiger partial charge in [-0.1, -0.05) is 50.3 Å². The first-order valence-electron chi connectivity index (χ1n) is 16.0. The van der Waals surface area contributed by atoms with Gasteiger partial charge < -0.3 is 30.7 Å². The molecule has 4 N–H and O–H groups in total. The average molecular weight is 627 g/mol. The minimum absolute atomic E-state index is 0.0121. The maximum Gasteiger partial charge on any atom is 0.408 e. The van der Waals surface area contributed by atoms with Gasteiger partial charge in [0.15, 0.2) is 5.78 Å². The molecule has 1 aliphatic carbocycles. The number of alkyl carbamates (subject to hydrolysis) is 1. The van der Waals surface area contributed by atoms with E-state index in [1.807, 2.05) is 65.0 Å². The standard InChI is InChI=1S/C34H50N4O7/c1-21(2)18-27(31(41)36-26(14-15-28(39)24-12-13-24)19-25-16-17-35-30(25)40)37-32(42)29(22(3)45-34(4,5)6)38-33(43)44-20-23-10-8-7-9-11-23/h7-11,14-15,21-22,24-27,29H,12-13,16-20H2,1-6H3,(H,35,40)(H,36,41)(H,37,42)(H,38,43)/b15-14+/t22?,25?,26-,27+,29+/m1/s1. The Labute approximate surface area is 266 Å². The lowest BCUT2D eigenvalue weighted by Crippen LogP contribution is -2.59. The Bertz CT molecular complexity index is 1210. The number of carbonyl (C=O) groups is 5. The van der Waals surface area contributed by atoms with Gasteiger partial charge in [-0.25, -0.2) is 4.79 Å².